The maximum atomic E-state index is 12.4. The fourth-order valence-electron chi connectivity index (χ4n) is 0.976. The molecule has 0 aliphatic carbocycles. The van der Waals surface area contributed by atoms with Crippen LogP contribution in [0.1, 0.15) is 5.82 Å². The fraction of sp³-hybridized carbons (Fsp3) is 0.556. The number of nitrogens with zero attached hydrogens (tertiary/aromatic N) is 3. The molecule has 0 aliphatic heterocycles. The Kier molecular flexibility index (Phi) is 4.58. The molecule has 0 atom stereocenters. The van der Waals surface area contributed by atoms with Gasteiger partial charge in [0.25, 0.3) is 0 Å². The average Bonchev–Trinajstić information content (AvgIpc) is 2.14. The maximum Gasteiger partial charge on any atom is 0.451 e. The highest BCUT2D eigenvalue weighted by Crippen LogP contribution is 2.28. The van der Waals surface area contributed by atoms with Gasteiger partial charge in [0.2, 0.25) is 5.82 Å². The Balaban J connectivity index is 2.76. The summed E-state index contributed by atoms with van der Waals surface area (Å²) >= 11 is 1.22. The van der Waals surface area contributed by atoms with Gasteiger partial charge < -0.3 is 10.6 Å². The number of hydrogen-bond acceptors (Lipinski definition) is 5. The molecule has 96 valence electrons. The average molecular weight is 266 g/mol. The lowest BCUT2D eigenvalue weighted by Gasteiger charge is -2.10. The second kappa shape index (κ2) is 5.54. The number of hydrogen-bond donors (Lipinski definition) is 1. The van der Waals surface area contributed by atoms with Crippen molar-refractivity contribution < 1.29 is 13.2 Å². The monoisotopic (exact) mass is 266 g/mol. The lowest BCUT2D eigenvalue weighted by molar-refractivity contribution is -0.145. The molecule has 1 aromatic rings. The van der Waals surface area contributed by atoms with Crippen LogP contribution in [0.3, 0.4) is 0 Å². The summed E-state index contributed by atoms with van der Waals surface area (Å²) in [6, 6.07) is 1.34. The van der Waals surface area contributed by atoms with Crippen LogP contribution in [0.2, 0.25) is 0 Å². The van der Waals surface area contributed by atoms with Crippen molar-refractivity contribution in [2.75, 3.05) is 32.1 Å². The first-order valence-electron chi connectivity index (χ1n) is 4.78. The van der Waals surface area contributed by atoms with Gasteiger partial charge in [0.05, 0.1) is 0 Å². The molecule has 0 aliphatic rings. The van der Waals surface area contributed by atoms with E-state index in [1.807, 2.05) is 19.0 Å². The summed E-state index contributed by atoms with van der Waals surface area (Å²) in [5.74, 6) is -0.717. The third kappa shape index (κ3) is 4.78. The number of aromatic nitrogens is 2. The minimum absolute atomic E-state index is 0.167. The van der Waals surface area contributed by atoms with Crippen molar-refractivity contribution in [3.63, 3.8) is 0 Å². The zero-order chi connectivity index (χ0) is 13.1. The van der Waals surface area contributed by atoms with Gasteiger partial charge in [-0.3, -0.25) is 0 Å². The number of rotatable bonds is 4. The van der Waals surface area contributed by atoms with Gasteiger partial charge in [-0.2, -0.15) is 13.2 Å². The molecule has 2 N–H and O–H groups in total. The van der Waals surface area contributed by atoms with Gasteiger partial charge in [0, 0.05) is 18.4 Å². The summed E-state index contributed by atoms with van der Waals surface area (Å²) in [6.07, 6.45) is -4.56. The highest BCUT2D eigenvalue weighted by molar-refractivity contribution is 7.99. The van der Waals surface area contributed by atoms with Crippen molar-refractivity contribution >= 4 is 17.6 Å². The first kappa shape index (κ1) is 14.0. The van der Waals surface area contributed by atoms with Gasteiger partial charge in [0.15, 0.2) is 0 Å². The van der Waals surface area contributed by atoms with E-state index in [4.69, 9.17) is 5.73 Å². The molecule has 0 bridgehead atoms. The van der Waals surface area contributed by atoms with E-state index in [0.717, 1.165) is 6.54 Å². The van der Waals surface area contributed by atoms with Crippen molar-refractivity contribution in [1.82, 2.24) is 14.9 Å². The summed E-state index contributed by atoms with van der Waals surface area (Å²) in [4.78, 5) is 8.53. The molecule has 0 unspecified atom stereocenters. The van der Waals surface area contributed by atoms with E-state index in [1.165, 1.54) is 17.8 Å². The van der Waals surface area contributed by atoms with Gasteiger partial charge in [-0.05, 0) is 14.1 Å². The highest BCUT2D eigenvalue weighted by Gasteiger charge is 2.35. The molecule has 4 nitrogen and oxygen atoms in total. The van der Waals surface area contributed by atoms with Crippen molar-refractivity contribution in [1.29, 1.82) is 0 Å². The quantitative estimate of drug-likeness (QED) is 0.664. The Labute approximate surface area is 101 Å². The van der Waals surface area contributed by atoms with Gasteiger partial charge in [-0.1, -0.05) is 0 Å². The Morgan fingerprint density at radius 1 is 1.35 bits per heavy atom. The number of halogens is 3. The molecule has 1 rings (SSSR count). The van der Waals surface area contributed by atoms with Crippen molar-refractivity contribution in [2.24, 2.45) is 0 Å². The number of thioether (sulfide) groups is 1. The van der Waals surface area contributed by atoms with Crippen molar-refractivity contribution in [3.05, 3.63) is 11.9 Å². The molecule has 0 spiro atoms. The molecule has 0 radical (unpaired) electrons. The summed E-state index contributed by atoms with van der Waals surface area (Å²) in [5, 5.41) is 0.242. The van der Waals surface area contributed by atoms with Crippen LogP contribution < -0.4 is 5.73 Å². The normalized spacial score (nSPS) is 12.1. The number of anilines is 1. The van der Waals surface area contributed by atoms with Crippen molar-refractivity contribution in [2.45, 2.75) is 11.2 Å². The molecule has 0 aromatic carbocycles. The Hall–Kier alpha value is -1.02. The number of nitrogen functional groups attached to an aromatic ring is 1. The van der Waals surface area contributed by atoms with Crippen LogP contribution in [-0.2, 0) is 6.18 Å². The van der Waals surface area contributed by atoms with Crippen LogP contribution in [0.25, 0.3) is 0 Å². The zero-order valence-electron chi connectivity index (χ0n) is 9.45. The lowest BCUT2D eigenvalue weighted by atomic mass is 10.5. The molecule has 0 saturated carbocycles. The van der Waals surface area contributed by atoms with E-state index in [9.17, 15) is 13.2 Å². The van der Waals surface area contributed by atoms with E-state index < -0.39 is 12.0 Å². The van der Waals surface area contributed by atoms with E-state index >= 15 is 0 Å². The van der Waals surface area contributed by atoms with E-state index in [1.54, 1.807) is 0 Å². The molecule has 1 heterocycles. The topological polar surface area (TPSA) is 55.0 Å². The summed E-state index contributed by atoms with van der Waals surface area (Å²) < 4.78 is 37.2. The third-order valence-electron chi connectivity index (χ3n) is 1.76. The van der Waals surface area contributed by atoms with Crippen LogP contribution in [0, 0.1) is 0 Å². The molecule has 8 heteroatoms. The summed E-state index contributed by atoms with van der Waals surface area (Å²) in [7, 11) is 3.77. The smallest absolute Gasteiger partial charge is 0.384 e. The van der Waals surface area contributed by atoms with E-state index in [2.05, 4.69) is 9.97 Å². The predicted octanol–water partition coefficient (Wildman–Crippen LogP) is 1.73. The Bertz CT molecular complexity index is 381. The zero-order valence-corrected chi connectivity index (χ0v) is 10.3. The maximum absolute atomic E-state index is 12.4. The second-order valence-corrected chi connectivity index (χ2v) is 4.72. The first-order chi connectivity index (χ1) is 7.79. The standard InChI is InChI=1S/C9H13F3N4S/c1-16(2)3-4-17-7-5-6(13)14-8(15-7)9(10,11)12/h5H,3-4H2,1-2H3,(H2,13,14,15). The predicted molar refractivity (Wildman–Crippen MR) is 60.7 cm³/mol. The third-order valence-corrected chi connectivity index (χ3v) is 2.66. The molecule has 0 saturated heterocycles. The number of alkyl halides is 3. The first-order valence-corrected chi connectivity index (χ1v) is 5.77. The van der Waals surface area contributed by atoms with Crippen LogP contribution in [0.5, 0.6) is 0 Å². The molecule has 1 aromatic heterocycles. The highest BCUT2D eigenvalue weighted by atomic mass is 32.2. The Morgan fingerprint density at radius 3 is 2.53 bits per heavy atom. The van der Waals surface area contributed by atoms with E-state index in [0.29, 0.717) is 5.75 Å². The van der Waals surface area contributed by atoms with Crippen LogP contribution in [0.15, 0.2) is 11.1 Å². The van der Waals surface area contributed by atoms with Crippen molar-refractivity contribution in [3.8, 4) is 0 Å². The molecule has 17 heavy (non-hydrogen) atoms. The summed E-state index contributed by atoms with van der Waals surface area (Å²) in [6.45, 7) is 0.746. The molecular formula is C9H13F3N4S. The minimum atomic E-state index is -4.56. The van der Waals surface area contributed by atoms with Gasteiger partial charge in [0.1, 0.15) is 10.8 Å². The Morgan fingerprint density at radius 2 is 2.00 bits per heavy atom. The number of nitrogens with two attached hydrogens (primary N) is 1. The van der Waals surface area contributed by atoms with Gasteiger partial charge >= 0.3 is 6.18 Å². The fourth-order valence-corrected chi connectivity index (χ4v) is 2.00. The van der Waals surface area contributed by atoms with Gasteiger partial charge in [-0.25, -0.2) is 9.97 Å². The summed E-state index contributed by atoms with van der Waals surface area (Å²) in [5.41, 5.74) is 5.31. The van der Waals surface area contributed by atoms with E-state index in [-0.39, 0.29) is 10.8 Å². The van der Waals surface area contributed by atoms with Crippen LogP contribution in [-0.4, -0.2) is 41.3 Å². The largest absolute Gasteiger partial charge is 0.451 e. The SMILES string of the molecule is CN(C)CCSc1cc(N)nc(C(F)(F)F)n1. The van der Waals surface area contributed by atoms with Crippen LogP contribution in [0.4, 0.5) is 19.0 Å². The molecule has 0 fully saturated rings. The lowest BCUT2D eigenvalue weighted by Crippen LogP contribution is -2.15. The van der Waals surface area contributed by atoms with Crippen LogP contribution >= 0.6 is 11.8 Å². The minimum Gasteiger partial charge on any atom is -0.384 e. The van der Waals surface area contributed by atoms with Gasteiger partial charge in [-0.15, -0.1) is 11.8 Å². The molecule has 0 amide bonds. The second-order valence-electron chi connectivity index (χ2n) is 3.60. The molecular weight excluding hydrogens is 253 g/mol.